The largest absolute Gasteiger partial charge is 0.465 e. The third-order valence-electron chi connectivity index (χ3n) is 1.60. The first-order valence-electron chi connectivity index (χ1n) is 4.88. The van der Waals surface area contributed by atoms with Crippen molar-refractivity contribution in [2.75, 3.05) is 6.61 Å². The van der Waals surface area contributed by atoms with E-state index in [4.69, 9.17) is 15.2 Å². The van der Waals surface area contributed by atoms with Gasteiger partial charge in [0.15, 0.2) is 0 Å². The summed E-state index contributed by atoms with van der Waals surface area (Å²) in [6.07, 6.45) is -0.339. The second-order valence-corrected chi connectivity index (χ2v) is 4.21. The first-order valence-corrected chi connectivity index (χ1v) is 4.88. The normalized spacial score (nSPS) is 16.1. The number of rotatable bonds is 4. The molecule has 0 aliphatic heterocycles. The van der Waals surface area contributed by atoms with Gasteiger partial charge in [0.1, 0.15) is 6.04 Å². The molecule has 0 saturated carbocycles. The molecule has 0 rings (SSSR count). The van der Waals surface area contributed by atoms with E-state index in [1.165, 1.54) is 0 Å². The molecule has 0 aromatic rings. The fourth-order valence-electron chi connectivity index (χ4n) is 1.06. The van der Waals surface area contributed by atoms with Gasteiger partial charge in [-0.2, -0.15) is 0 Å². The van der Waals surface area contributed by atoms with Crippen molar-refractivity contribution in [2.24, 2.45) is 5.73 Å². The van der Waals surface area contributed by atoms with Crippen molar-refractivity contribution in [1.29, 1.82) is 0 Å². The zero-order valence-electron chi connectivity index (χ0n) is 9.66. The Labute approximate surface area is 85.8 Å². The molecule has 0 saturated heterocycles. The maximum absolute atomic E-state index is 11.2. The molecule has 0 amide bonds. The first-order chi connectivity index (χ1) is 6.28. The van der Waals surface area contributed by atoms with Crippen molar-refractivity contribution in [3.63, 3.8) is 0 Å². The lowest BCUT2D eigenvalue weighted by atomic mass is 10.1. The predicted octanol–water partition coefficient (Wildman–Crippen LogP) is 1.08. The maximum atomic E-state index is 11.2. The van der Waals surface area contributed by atoms with Crippen molar-refractivity contribution in [3.8, 4) is 0 Å². The van der Waals surface area contributed by atoms with E-state index >= 15 is 0 Å². The highest BCUT2D eigenvalue weighted by atomic mass is 16.5. The van der Waals surface area contributed by atoms with Crippen LogP contribution >= 0.6 is 0 Å². The number of esters is 1. The van der Waals surface area contributed by atoms with E-state index in [0.717, 1.165) is 0 Å². The summed E-state index contributed by atoms with van der Waals surface area (Å²) in [5.41, 5.74) is 5.35. The van der Waals surface area contributed by atoms with Gasteiger partial charge in [0.2, 0.25) is 0 Å². The smallest absolute Gasteiger partial charge is 0.325 e. The predicted molar refractivity (Wildman–Crippen MR) is 54.9 cm³/mol. The maximum Gasteiger partial charge on any atom is 0.325 e. The third kappa shape index (κ3) is 5.19. The quantitative estimate of drug-likeness (QED) is 0.694. The summed E-state index contributed by atoms with van der Waals surface area (Å²) >= 11 is 0. The molecule has 4 heteroatoms. The Hall–Kier alpha value is -0.610. The van der Waals surface area contributed by atoms with Gasteiger partial charge in [-0.3, -0.25) is 4.79 Å². The van der Waals surface area contributed by atoms with Gasteiger partial charge in [-0.05, 0) is 34.6 Å². The van der Waals surface area contributed by atoms with E-state index in [-0.39, 0.29) is 11.7 Å². The van der Waals surface area contributed by atoms with Gasteiger partial charge in [-0.1, -0.05) is 0 Å². The topological polar surface area (TPSA) is 61.5 Å². The number of nitrogens with two attached hydrogens (primary N) is 1. The molecule has 0 radical (unpaired) electrons. The zero-order chi connectivity index (χ0) is 11.4. The summed E-state index contributed by atoms with van der Waals surface area (Å²) < 4.78 is 10.3. The Morgan fingerprint density at radius 2 is 1.93 bits per heavy atom. The van der Waals surface area contributed by atoms with E-state index in [9.17, 15) is 4.79 Å². The zero-order valence-corrected chi connectivity index (χ0v) is 9.66. The Balaban J connectivity index is 4.11. The summed E-state index contributed by atoms with van der Waals surface area (Å²) in [5, 5.41) is 0. The Kier molecular flexibility index (Phi) is 5.08. The molecule has 14 heavy (non-hydrogen) atoms. The minimum Gasteiger partial charge on any atom is -0.465 e. The second-order valence-electron chi connectivity index (χ2n) is 4.21. The van der Waals surface area contributed by atoms with Gasteiger partial charge >= 0.3 is 5.97 Å². The lowest BCUT2D eigenvalue weighted by Crippen LogP contribution is -2.45. The molecule has 0 aromatic heterocycles. The molecule has 0 spiro atoms. The van der Waals surface area contributed by atoms with Crippen molar-refractivity contribution >= 4 is 5.97 Å². The van der Waals surface area contributed by atoms with Crippen molar-refractivity contribution in [3.05, 3.63) is 0 Å². The summed E-state index contributed by atoms with van der Waals surface area (Å²) in [6.45, 7) is 9.62. The monoisotopic (exact) mass is 203 g/mol. The van der Waals surface area contributed by atoms with E-state index in [0.29, 0.717) is 6.61 Å². The van der Waals surface area contributed by atoms with Crippen LogP contribution in [0.15, 0.2) is 0 Å². The van der Waals surface area contributed by atoms with E-state index in [2.05, 4.69) is 0 Å². The molecule has 2 N–H and O–H groups in total. The fraction of sp³-hybridized carbons (Fsp3) is 0.900. The lowest BCUT2D eigenvalue weighted by Gasteiger charge is -2.27. The molecule has 0 aliphatic rings. The number of hydrogen-bond donors (Lipinski definition) is 1. The first kappa shape index (κ1) is 13.4. The van der Waals surface area contributed by atoms with E-state index in [1.54, 1.807) is 13.8 Å². The molecular weight excluding hydrogens is 182 g/mol. The molecule has 0 aromatic carbocycles. The van der Waals surface area contributed by atoms with Crippen molar-refractivity contribution in [1.82, 2.24) is 0 Å². The van der Waals surface area contributed by atoms with Gasteiger partial charge in [-0.25, -0.2) is 0 Å². The standard InChI is InChI=1S/C10H21NO3/c1-6-13-9(12)8(11)7(2)14-10(3,4)5/h7-8H,6,11H2,1-5H3/t7-,8+/m1/s1. The molecule has 0 heterocycles. The summed E-state index contributed by atoms with van der Waals surface area (Å²) in [5.74, 6) is -0.413. The van der Waals surface area contributed by atoms with Crippen LogP contribution in [0.5, 0.6) is 0 Å². The Morgan fingerprint density at radius 3 is 2.29 bits per heavy atom. The van der Waals surface area contributed by atoms with Crippen molar-refractivity contribution < 1.29 is 14.3 Å². The lowest BCUT2D eigenvalue weighted by molar-refractivity contribution is -0.151. The SMILES string of the molecule is CCOC(=O)[C@@H](N)[C@@H](C)OC(C)(C)C. The molecule has 0 unspecified atom stereocenters. The van der Waals surface area contributed by atoms with Crippen LogP contribution in [0, 0.1) is 0 Å². The second kappa shape index (κ2) is 5.32. The highest BCUT2D eigenvalue weighted by molar-refractivity contribution is 5.76. The summed E-state index contributed by atoms with van der Waals surface area (Å²) in [6, 6.07) is -0.714. The third-order valence-corrected chi connectivity index (χ3v) is 1.60. The molecule has 84 valence electrons. The Morgan fingerprint density at radius 1 is 1.43 bits per heavy atom. The van der Waals surface area contributed by atoms with Crippen LogP contribution in [-0.2, 0) is 14.3 Å². The minimum atomic E-state index is -0.714. The van der Waals surface area contributed by atoms with Crippen LogP contribution in [0.25, 0.3) is 0 Å². The highest BCUT2D eigenvalue weighted by Gasteiger charge is 2.26. The van der Waals surface area contributed by atoms with Gasteiger partial charge < -0.3 is 15.2 Å². The molecule has 2 atom stereocenters. The number of hydrogen-bond acceptors (Lipinski definition) is 4. The van der Waals surface area contributed by atoms with Gasteiger partial charge in [0.25, 0.3) is 0 Å². The summed E-state index contributed by atoms with van der Waals surface area (Å²) in [7, 11) is 0. The van der Waals surface area contributed by atoms with Crippen LogP contribution in [-0.4, -0.2) is 30.3 Å². The molecule has 0 fully saturated rings. The Bertz CT molecular complexity index is 186. The van der Waals surface area contributed by atoms with E-state index < -0.39 is 12.0 Å². The number of carbonyl (C=O) groups excluding carboxylic acids is 1. The van der Waals surface area contributed by atoms with Crippen LogP contribution < -0.4 is 5.73 Å². The van der Waals surface area contributed by atoms with Gasteiger partial charge in [0.05, 0.1) is 18.3 Å². The molecule has 0 aliphatic carbocycles. The van der Waals surface area contributed by atoms with Crippen LogP contribution in [0.4, 0.5) is 0 Å². The highest BCUT2D eigenvalue weighted by Crippen LogP contribution is 2.12. The van der Waals surface area contributed by atoms with E-state index in [1.807, 2.05) is 20.8 Å². The molecular formula is C10H21NO3. The van der Waals surface area contributed by atoms with Gasteiger partial charge in [-0.15, -0.1) is 0 Å². The van der Waals surface area contributed by atoms with Crippen LogP contribution in [0.2, 0.25) is 0 Å². The minimum absolute atomic E-state index is 0.302. The average Bonchev–Trinajstić information content (AvgIpc) is 2.00. The fourth-order valence-corrected chi connectivity index (χ4v) is 1.06. The summed E-state index contributed by atoms with van der Waals surface area (Å²) in [4.78, 5) is 11.2. The molecule has 4 nitrogen and oxygen atoms in total. The van der Waals surface area contributed by atoms with Crippen molar-refractivity contribution in [2.45, 2.75) is 52.4 Å². The number of ether oxygens (including phenoxy) is 2. The number of carbonyl (C=O) groups is 1. The molecule has 0 bridgehead atoms. The average molecular weight is 203 g/mol. The van der Waals surface area contributed by atoms with Crippen LogP contribution in [0.3, 0.4) is 0 Å². The van der Waals surface area contributed by atoms with Crippen LogP contribution in [0.1, 0.15) is 34.6 Å². The van der Waals surface area contributed by atoms with Gasteiger partial charge in [0, 0.05) is 0 Å².